The van der Waals surface area contributed by atoms with Crippen molar-refractivity contribution >= 4 is 29.7 Å². The van der Waals surface area contributed by atoms with Crippen molar-refractivity contribution in [2.75, 3.05) is 18.6 Å². The van der Waals surface area contributed by atoms with Gasteiger partial charge in [0.05, 0.1) is 0 Å². The van der Waals surface area contributed by atoms with Crippen LogP contribution in [0.15, 0.2) is 24.3 Å². The average Bonchev–Trinajstić information content (AvgIpc) is 2.84. The van der Waals surface area contributed by atoms with Gasteiger partial charge < -0.3 is 20.3 Å². The molecule has 7 nitrogen and oxygen atoms in total. The molecule has 202 valence electrons. The van der Waals surface area contributed by atoms with Gasteiger partial charge in [0.1, 0.15) is 17.7 Å². The molecule has 1 aromatic rings. The van der Waals surface area contributed by atoms with Crippen molar-refractivity contribution in [3.8, 4) is 0 Å². The molecule has 1 saturated carbocycles. The monoisotopic (exact) mass is 519 g/mol. The molecule has 0 radical (unpaired) electrons. The number of aryl methyl sites for hydroxylation is 1. The first-order chi connectivity index (χ1) is 17.1. The number of rotatable bonds is 11. The second-order valence-electron chi connectivity index (χ2n) is 10.4. The molecule has 0 bridgehead atoms. The minimum atomic E-state index is -0.785. The number of hydrogen-bond acceptors (Lipinski definition) is 5. The number of carbonyl (C=O) groups excluding carboxylic acids is 3. The van der Waals surface area contributed by atoms with Crippen LogP contribution in [0.1, 0.15) is 90.3 Å². The summed E-state index contributed by atoms with van der Waals surface area (Å²) in [6.45, 7) is 9.66. The number of benzene rings is 1. The number of likely N-dealkylation sites (N-methyl/N-ethyl adjacent to an activating group) is 1. The molecule has 1 aliphatic carbocycles. The van der Waals surface area contributed by atoms with Gasteiger partial charge in [-0.2, -0.15) is 11.8 Å². The van der Waals surface area contributed by atoms with Gasteiger partial charge in [0.2, 0.25) is 11.8 Å². The van der Waals surface area contributed by atoms with Crippen LogP contribution in [-0.4, -0.2) is 59.0 Å². The van der Waals surface area contributed by atoms with Crippen molar-refractivity contribution in [3.63, 3.8) is 0 Å². The van der Waals surface area contributed by atoms with Gasteiger partial charge in [-0.15, -0.1) is 0 Å². The summed E-state index contributed by atoms with van der Waals surface area (Å²) in [6, 6.07) is 6.48. The number of amides is 3. The van der Waals surface area contributed by atoms with E-state index in [9.17, 15) is 14.4 Å². The number of nitrogens with zero attached hydrogens (tertiary/aromatic N) is 1. The topological polar surface area (TPSA) is 87.7 Å². The first-order valence-corrected chi connectivity index (χ1v) is 14.7. The van der Waals surface area contributed by atoms with Gasteiger partial charge in [-0.05, 0) is 76.5 Å². The molecule has 2 N–H and O–H groups in total. The number of carbonyl (C=O) groups is 3. The highest BCUT2D eigenvalue weighted by atomic mass is 32.2. The van der Waals surface area contributed by atoms with Crippen LogP contribution in [0, 0.1) is 0 Å². The lowest BCUT2D eigenvalue weighted by Crippen LogP contribution is -2.54. The molecule has 3 amide bonds. The van der Waals surface area contributed by atoms with Crippen LogP contribution in [-0.2, 0) is 20.7 Å². The van der Waals surface area contributed by atoms with Crippen LogP contribution in [0.4, 0.5) is 4.79 Å². The maximum atomic E-state index is 13.9. The van der Waals surface area contributed by atoms with Crippen molar-refractivity contribution in [1.82, 2.24) is 15.5 Å². The van der Waals surface area contributed by atoms with E-state index in [1.807, 2.05) is 37.4 Å². The maximum absolute atomic E-state index is 13.9. The van der Waals surface area contributed by atoms with Gasteiger partial charge in [-0.3, -0.25) is 9.59 Å². The lowest BCUT2D eigenvalue weighted by atomic mass is 9.94. The van der Waals surface area contributed by atoms with E-state index in [1.54, 1.807) is 37.4 Å². The Morgan fingerprint density at radius 3 is 2.25 bits per heavy atom. The van der Waals surface area contributed by atoms with E-state index in [2.05, 4.69) is 17.6 Å². The predicted molar refractivity (Wildman–Crippen MR) is 147 cm³/mol. The maximum Gasteiger partial charge on any atom is 0.408 e. The summed E-state index contributed by atoms with van der Waals surface area (Å²) in [6.07, 6.45) is 8.00. The summed E-state index contributed by atoms with van der Waals surface area (Å²) in [4.78, 5) is 41.7. The molecule has 0 saturated heterocycles. The first kappa shape index (κ1) is 30.0. The number of thioether (sulfide) groups is 1. The van der Waals surface area contributed by atoms with Crippen molar-refractivity contribution in [2.45, 2.75) is 103 Å². The highest BCUT2D eigenvalue weighted by Gasteiger charge is 2.36. The fourth-order valence-electron chi connectivity index (χ4n) is 4.54. The Hall–Kier alpha value is -2.22. The Morgan fingerprint density at radius 1 is 1.08 bits per heavy atom. The van der Waals surface area contributed by atoms with E-state index in [0.717, 1.165) is 37.7 Å². The Bertz CT molecular complexity index is 847. The van der Waals surface area contributed by atoms with Crippen LogP contribution >= 0.6 is 11.8 Å². The van der Waals surface area contributed by atoms with Gasteiger partial charge in [0.25, 0.3) is 0 Å². The zero-order valence-electron chi connectivity index (χ0n) is 22.9. The Kier molecular flexibility index (Phi) is 12.1. The SMILES string of the molecule is CCc1ccc(C(C(=O)NC2CCCCC2)N(CC)C(=O)C(CCSC)NC(=O)OC(C)(C)C)cc1. The van der Waals surface area contributed by atoms with Gasteiger partial charge >= 0.3 is 6.09 Å². The van der Waals surface area contributed by atoms with E-state index in [0.29, 0.717) is 18.7 Å². The van der Waals surface area contributed by atoms with Crippen molar-refractivity contribution in [3.05, 3.63) is 35.4 Å². The van der Waals surface area contributed by atoms with E-state index in [1.165, 1.54) is 12.0 Å². The molecule has 36 heavy (non-hydrogen) atoms. The second-order valence-corrected chi connectivity index (χ2v) is 11.4. The van der Waals surface area contributed by atoms with Gasteiger partial charge in [-0.25, -0.2) is 4.79 Å². The number of hydrogen-bond donors (Lipinski definition) is 2. The zero-order chi connectivity index (χ0) is 26.7. The summed E-state index contributed by atoms with van der Waals surface area (Å²) in [5, 5.41) is 5.99. The quantitative estimate of drug-likeness (QED) is 0.418. The molecule has 1 aliphatic rings. The standard InChI is InChI=1S/C28H45N3O4S/c1-7-20-14-16-21(17-15-20)24(25(32)29-22-12-10-9-11-13-22)31(8-2)26(33)23(18-19-36-6)30-27(34)35-28(3,4)5/h14-17,22-24H,7-13,18-19H2,1-6H3,(H,29,32)(H,30,34). The molecule has 0 aromatic heterocycles. The average molecular weight is 520 g/mol. The third-order valence-corrected chi connectivity index (χ3v) is 7.08. The zero-order valence-corrected chi connectivity index (χ0v) is 23.7. The third kappa shape index (κ3) is 9.34. The highest BCUT2D eigenvalue weighted by molar-refractivity contribution is 7.98. The largest absolute Gasteiger partial charge is 0.444 e. The smallest absolute Gasteiger partial charge is 0.408 e. The molecule has 1 aromatic carbocycles. The fraction of sp³-hybridized carbons (Fsp3) is 0.679. The van der Waals surface area contributed by atoms with Crippen LogP contribution in [0.3, 0.4) is 0 Å². The Balaban J connectivity index is 2.35. The number of alkyl carbamates (subject to hydrolysis) is 1. The van der Waals surface area contributed by atoms with Crippen molar-refractivity contribution in [2.24, 2.45) is 0 Å². The van der Waals surface area contributed by atoms with E-state index in [4.69, 9.17) is 4.74 Å². The molecule has 0 aliphatic heterocycles. The van der Waals surface area contributed by atoms with Crippen LogP contribution in [0.2, 0.25) is 0 Å². The minimum absolute atomic E-state index is 0.129. The van der Waals surface area contributed by atoms with E-state index < -0.39 is 23.8 Å². The molecule has 0 spiro atoms. The third-order valence-electron chi connectivity index (χ3n) is 6.44. The van der Waals surface area contributed by atoms with Crippen molar-refractivity contribution < 1.29 is 19.1 Å². The molecule has 1 fully saturated rings. The highest BCUT2D eigenvalue weighted by Crippen LogP contribution is 2.26. The lowest BCUT2D eigenvalue weighted by molar-refractivity contribution is -0.142. The van der Waals surface area contributed by atoms with Crippen LogP contribution < -0.4 is 10.6 Å². The normalized spacial score (nSPS) is 16.1. The van der Waals surface area contributed by atoms with Gasteiger partial charge in [0.15, 0.2) is 0 Å². The first-order valence-electron chi connectivity index (χ1n) is 13.3. The van der Waals surface area contributed by atoms with Gasteiger partial charge in [-0.1, -0.05) is 50.5 Å². The van der Waals surface area contributed by atoms with Crippen molar-refractivity contribution in [1.29, 1.82) is 0 Å². The Labute approximate surface area is 221 Å². The summed E-state index contributed by atoms with van der Waals surface area (Å²) in [5.74, 6) is 0.247. The van der Waals surface area contributed by atoms with Crippen LogP contribution in [0.25, 0.3) is 0 Å². The summed E-state index contributed by atoms with van der Waals surface area (Å²) in [7, 11) is 0. The van der Waals surface area contributed by atoms with Crippen LogP contribution in [0.5, 0.6) is 0 Å². The minimum Gasteiger partial charge on any atom is -0.444 e. The molecular weight excluding hydrogens is 474 g/mol. The van der Waals surface area contributed by atoms with E-state index in [-0.39, 0.29) is 17.9 Å². The summed E-state index contributed by atoms with van der Waals surface area (Å²) >= 11 is 1.60. The molecule has 2 atom stereocenters. The Morgan fingerprint density at radius 2 is 1.72 bits per heavy atom. The lowest BCUT2D eigenvalue weighted by Gasteiger charge is -2.35. The second kappa shape index (κ2) is 14.5. The fourth-order valence-corrected chi connectivity index (χ4v) is 5.02. The summed E-state index contributed by atoms with van der Waals surface area (Å²) < 4.78 is 5.42. The number of ether oxygens (including phenoxy) is 1. The molecule has 2 unspecified atom stereocenters. The number of nitrogens with one attached hydrogen (secondary N) is 2. The van der Waals surface area contributed by atoms with Gasteiger partial charge in [0, 0.05) is 12.6 Å². The van der Waals surface area contributed by atoms with E-state index >= 15 is 0 Å². The summed E-state index contributed by atoms with van der Waals surface area (Å²) in [5.41, 5.74) is 1.27. The molecule has 0 heterocycles. The predicted octanol–water partition coefficient (Wildman–Crippen LogP) is 5.23. The molecule has 2 rings (SSSR count). The molecule has 8 heteroatoms. The molecular formula is C28H45N3O4S.